The lowest BCUT2D eigenvalue weighted by Gasteiger charge is -2.13. The Kier molecular flexibility index (Phi) is 6.50. The number of aromatic nitrogens is 3. The van der Waals surface area contributed by atoms with Gasteiger partial charge in [0.1, 0.15) is 0 Å². The number of benzene rings is 8. The van der Waals surface area contributed by atoms with Crippen molar-refractivity contribution in [1.29, 1.82) is 0 Å². The summed E-state index contributed by atoms with van der Waals surface area (Å²) >= 11 is 1.88. The molecule has 0 unspecified atom stereocenters. The molecule has 12 rings (SSSR count). The van der Waals surface area contributed by atoms with E-state index in [1.54, 1.807) is 0 Å². The molecular formula is C51H29N3S. The van der Waals surface area contributed by atoms with E-state index in [-0.39, 0.29) is 0 Å². The smallest absolute Gasteiger partial charge is 0.0970 e. The van der Waals surface area contributed by atoms with Crippen LogP contribution in [0.5, 0.6) is 0 Å². The summed E-state index contributed by atoms with van der Waals surface area (Å²) < 4.78 is 2.64. The van der Waals surface area contributed by atoms with Crippen molar-refractivity contribution < 1.29 is 0 Å². The Balaban J connectivity index is 0.962. The lowest BCUT2D eigenvalue weighted by molar-refractivity contribution is 1.37. The lowest BCUT2D eigenvalue weighted by atomic mass is 9.93. The SMILES string of the molecule is c1cnc2c(c1)cc(-c1ccc3c(ccc4ccc(-c5ccc(-c6nc7ccccc7c7c6ccc6c8ccccc8sc67)cc5)cc43)c1)c1cccnc12. The third-order valence-electron chi connectivity index (χ3n) is 11.3. The summed E-state index contributed by atoms with van der Waals surface area (Å²) in [4.78, 5) is 14.7. The number of pyridine rings is 3. The first-order valence-corrected chi connectivity index (χ1v) is 19.4. The molecule has 0 amide bonds. The van der Waals surface area contributed by atoms with E-state index < -0.39 is 0 Å². The fourth-order valence-electron chi connectivity index (χ4n) is 8.68. The normalized spacial score (nSPS) is 12.0. The van der Waals surface area contributed by atoms with Crippen LogP contribution in [0.2, 0.25) is 0 Å². The highest BCUT2D eigenvalue weighted by atomic mass is 32.1. The van der Waals surface area contributed by atoms with Crippen molar-refractivity contribution in [3.8, 4) is 33.5 Å². The van der Waals surface area contributed by atoms with Crippen molar-refractivity contribution in [3.05, 3.63) is 176 Å². The highest BCUT2D eigenvalue weighted by Crippen LogP contribution is 2.44. The number of hydrogen-bond donors (Lipinski definition) is 0. The summed E-state index contributed by atoms with van der Waals surface area (Å²) in [6.07, 6.45) is 3.69. The van der Waals surface area contributed by atoms with Gasteiger partial charge in [0.25, 0.3) is 0 Å². The largest absolute Gasteiger partial charge is 0.254 e. The van der Waals surface area contributed by atoms with E-state index in [9.17, 15) is 0 Å². The van der Waals surface area contributed by atoms with Crippen LogP contribution in [0.15, 0.2) is 176 Å². The van der Waals surface area contributed by atoms with E-state index in [0.717, 1.165) is 38.6 Å². The van der Waals surface area contributed by atoms with Gasteiger partial charge in [0.05, 0.1) is 22.2 Å². The number of fused-ring (bicyclic) bond motifs is 13. The average molecular weight is 716 g/mol. The summed E-state index contributed by atoms with van der Waals surface area (Å²) in [5.74, 6) is 0. The molecule has 0 bridgehead atoms. The predicted octanol–water partition coefficient (Wildman–Crippen LogP) is 14.2. The second-order valence-electron chi connectivity index (χ2n) is 14.4. The molecule has 0 radical (unpaired) electrons. The standard InChI is InChI=1S/C51H29N3S/c1-3-11-45-41(9-1)47-42(24-23-40-38-8-2-4-12-46(38)55-51(40)47)48(54-45)32-17-13-30(14-18-32)33-19-15-31-16-20-34-27-35(21-22-37(34)43(31)28-33)44-29-36-7-5-25-52-49(36)50-39(44)10-6-26-53-50/h1-29H. The van der Waals surface area contributed by atoms with E-state index in [1.807, 2.05) is 35.9 Å². The van der Waals surface area contributed by atoms with E-state index in [1.165, 1.54) is 80.1 Å². The lowest BCUT2D eigenvalue weighted by Crippen LogP contribution is -1.90. The highest BCUT2D eigenvalue weighted by molar-refractivity contribution is 7.26. The number of rotatable bonds is 3. The van der Waals surface area contributed by atoms with Crippen molar-refractivity contribution in [2.45, 2.75) is 0 Å². The van der Waals surface area contributed by atoms with E-state index in [2.05, 4.69) is 157 Å². The molecule has 0 saturated carbocycles. The molecular weight excluding hydrogens is 687 g/mol. The zero-order chi connectivity index (χ0) is 36.0. The number of hydrogen-bond acceptors (Lipinski definition) is 4. The zero-order valence-electron chi connectivity index (χ0n) is 29.5. The summed E-state index contributed by atoms with van der Waals surface area (Å²) in [7, 11) is 0. The Morgan fingerprint density at radius 1 is 0.382 bits per heavy atom. The molecule has 4 aromatic heterocycles. The molecule has 0 fully saturated rings. The van der Waals surface area contributed by atoms with Crippen molar-refractivity contribution in [2.24, 2.45) is 0 Å². The van der Waals surface area contributed by atoms with Gasteiger partial charge in [0, 0.05) is 65.1 Å². The molecule has 0 aliphatic carbocycles. The number of nitrogens with zero attached hydrogens (tertiary/aromatic N) is 3. The van der Waals surface area contributed by atoms with E-state index >= 15 is 0 Å². The van der Waals surface area contributed by atoms with Crippen LogP contribution in [0.1, 0.15) is 0 Å². The van der Waals surface area contributed by atoms with Crippen LogP contribution < -0.4 is 0 Å². The van der Waals surface area contributed by atoms with Crippen LogP contribution in [0.3, 0.4) is 0 Å². The fourth-order valence-corrected chi connectivity index (χ4v) is 9.94. The maximum Gasteiger partial charge on any atom is 0.0970 e. The molecule has 0 aliphatic rings. The number of thiophene rings is 1. The minimum absolute atomic E-state index is 0.933. The van der Waals surface area contributed by atoms with Crippen molar-refractivity contribution in [1.82, 2.24) is 15.0 Å². The van der Waals surface area contributed by atoms with Gasteiger partial charge in [-0.15, -0.1) is 11.3 Å². The Morgan fingerprint density at radius 3 is 2.00 bits per heavy atom. The Labute approximate surface area is 319 Å². The zero-order valence-corrected chi connectivity index (χ0v) is 30.3. The maximum atomic E-state index is 5.27. The molecule has 254 valence electrons. The van der Waals surface area contributed by atoms with Gasteiger partial charge in [-0.05, 0) is 86.3 Å². The molecule has 0 saturated heterocycles. The summed E-state index contributed by atoms with van der Waals surface area (Å²) in [6, 6.07) is 59.5. The summed E-state index contributed by atoms with van der Waals surface area (Å²) in [6.45, 7) is 0. The van der Waals surface area contributed by atoms with Crippen molar-refractivity contribution in [3.63, 3.8) is 0 Å². The third-order valence-corrected chi connectivity index (χ3v) is 12.5. The topological polar surface area (TPSA) is 38.7 Å². The van der Waals surface area contributed by atoms with E-state index in [4.69, 9.17) is 9.97 Å². The van der Waals surface area contributed by atoms with Crippen LogP contribution in [0.25, 0.3) is 119 Å². The fraction of sp³-hybridized carbons (Fsp3) is 0. The highest BCUT2D eigenvalue weighted by Gasteiger charge is 2.17. The molecule has 0 atom stereocenters. The van der Waals surface area contributed by atoms with Crippen molar-refractivity contribution >= 4 is 96.5 Å². The van der Waals surface area contributed by atoms with Crippen molar-refractivity contribution in [2.75, 3.05) is 0 Å². The predicted molar refractivity (Wildman–Crippen MR) is 234 cm³/mol. The molecule has 55 heavy (non-hydrogen) atoms. The Morgan fingerprint density at radius 2 is 1.07 bits per heavy atom. The van der Waals surface area contributed by atoms with Gasteiger partial charge < -0.3 is 0 Å². The van der Waals surface area contributed by atoms with Gasteiger partial charge in [-0.25, -0.2) is 4.98 Å². The first-order valence-electron chi connectivity index (χ1n) is 18.6. The quantitative estimate of drug-likeness (QED) is 0.171. The molecule has 0 N–H and O–H groups in total. The molecule has 3 nitrogen and oxygen atoms in total. The molecule has 4 heterocycles. The van der Waals surface area contributed by atoms with Crippen LogP contribution in [-0.4, -0.2) is 15.0 Å². The molecule has 12 aromatic rings. The van der Waals surface area contributed by atoms with E-state index in [0.29, 0.717) is 0 Å². The monoisotopic (exact) mass is 715 g/mol. The molecule has 4 heteroatoms. The maximum absolute atomic E-state index is 5.27. The van der Waals surface area contributed by atoms with Gasteiger partial charge in [0.15, 0.2) is 0 Å². The summed E-state index contributed by atoms with van der Waals surface area (Å²) in [5.41, 5.74) is 9.74. The van der Waals surface area contributed by atoms with Gasteiger partial charge in [-0.1, -0.05) is 121 Å². The summed E-state index contributed by atoms with van der Waals surface area (Å²) in [5, 5.41) is 13.4. The van der Waals surface area contributed by atoms with Gasteiger partial charge in [-0.2, -0.15) is 0 Å². The second kappa shape index (κ2) is 11.7. The van der Waals surface area contributed by atoms with Crippen LogP contribution in [-0.2, 0) is 0 Å². The van der Waals surface area contributed by atoms with Gasteiger partial charge in [0.2, 0.25) is 0 Å². The third kappa shape index (κ3) is 4.65. The second-order valence-corrected chi connectivity index (χ2v) is 15.4. The van der Waals surface area contributed by atoms with Gasteiger partial charge >= 0.3 is 0 Å². The first-order chi connectivity index (χ1) is 27.2. The Hall–Kier alpha value is -7.01. The van der Waals surface area contributed by atoms with Crippen LogP contribution in [0.4, 0.5) is 0 Å². The molecule has 0 spiro atoms. The van der Waals surface area contributed by atoms with Crippen LogP contribution in [0, 0.1) is 0 Å². The molecule has 0 aliphatic heterocycles. The average Bonchev–Trinajstić information content (AvgIpc) is 3.64. The minimum Gasteiger partial charge on any atom is -0.254 e. The Bertz CT molecular complexity index is 3550. The number of para-hydroxylation sites is 1. The van der Waals surface area contributed by atoms with Gasteiger partial charge in [-0.3, -0.25) is 9.97 Å². The van der Waals surface area contributed by atoms with Crippen LogP contribution >= 0.6 is 11.3 Å². The first kappa shape index (κ1) is 30.5. The minimum atomic E-state index is 0.933. The molecule has 8 aromatic carbocycles.